The van der Waals surface area contributed by atoms with E-state index < -0.39 is 0 Å². The number of anilines is 3. The maximum absolute atomic E-state index is 6.48. The molecule has 0 fully saturated rings. The Morgan fingerprint density at radius 3 is 1.96 bits per heavy atom. The lowest BCUT2D eigenvalue weighted by molar-refractivity contribution is 0.623. The molecule has 0 N–H and O–H groups in total. The van der Waals surface area contributed by atoms with Crippen LogP contribution >= 0.6 is 0 Å². The van der Waals surface area contributed by atoms with Gasteiger partial charge in [-0.05, 0) is 94.0 Å². The fourth-order valence-electron chi connectivity index (χ4n) is 7.15. The minimum Gasteiger partial charge on any atom is -0.456 e. The largest absolute Gasteiger partial charge is 0.456 e. The van der Waals surface area contributed by atoms with Gasteiger partial charge in [-0.15, -0.1) is 0 Å². The summed E-state index contributed by atoms with van der Waals surface area (Å²) in [6.45, 7) is 0. The van der Waals surface area contributed by atoms with Crippen LogP contribution in [0.5, 0.6) is 0 Å². The number of rotatable bonds is 5. The van der Waals surface area contributed by atoms with E-state index in [0.717, 1.165) is 88.3 Å². The third kappa shape index (κ3) is 4.49. The van der Waals surface area contributed by atoms with Crippen molar-refractivity contribution in [2.75, 3.05) is 4.90 Å². The summed E-state index contributed by atoms with van der Waals surface area (Å²) in [6, 6.07) is 59.2. The van der Waals surface area contributed by atoms with E-state index in [0.29, 0.717) is 5.89 Å². The van der Waals surface area contributed by atoms with Gasteiger partial charge in [0.15, 0.2) is 5.58 Å². The van der Waals surface area contributed by atoms with Gasteiger partial charge >= 0.3 is 0 Å². The minimum atomic E-state index is 0.633. The van der Waals surface area contributed by atoms with Crippen LogP contribution in [0.3, 0.4) is 0 Å². The summed E-state index contributed by atoms with van der Waals surface area (Å²) in [5.74, 6) is 0.633. The molecule has 4 heteroatoms. The normalized spacial score (nSPS) is 11.7. The van der Waals surface area contributed by atoms with E-state index in [2.05, 4.69) is 120 Å². The highest BCUT2D eigenvalue weighted by Gasteiger charge is 2.19. The molecule has 10 rings (SSSR count). The molecule has 0 bridgehead atoms. The Morgan fingerprint density at radius 2 is 1.10 bits per heavy atom. The van der Waals surface area contributed by atoms with Crippen LogP contribution in [0.4, 0.5) is 17.1 Å². The number of oxazole rings is 1. The first kappa shape index (κ1) is 27.5. The van der Waals surface area contributed by atoms with Gasteiger partial charge in [0.1, 0.15) is 16.7 Å². The topological polar surface area (TPSA) is 42.4 Å². The molecule has 0 spiro atoms. The Balaban J connectivity index is 1.10. The first-order chi connectivity index (χ1) is 24.3. The minimum absolute atomic E-state index is 0.633. The fourth-order valence-corrected chi connectivity index (χ4v) is 7.15. The number of benzene rings is 8. The van der Waals surface area contributed by atoms with Crippen molar-refractivity contribution in [3.8, 4) is 22.6 Å². The van der Waals surface area contributed by atoms with E-state index in [1.807, 2.05) is 54.6 Å². The third-order valence-corrected chi connectivity index (χ3v) is 9.47. The number of para-hydroxylation sites is 2. The van der Waals surface area contributed by atoms with Crippen molar-refractivity contribution in [2.45, 2.75) is 0 Å². The van der Waals surface area contributed by atoms with E-state index in [1.54, 1.807) is 0 Å². The van der Waals surface area contributed by atoms with E-state index in [4.69, 9.17) is 13.8 Å². The highest BCUT2D eigenvalue weighted by Crippen LogP contribution is 2.43. The second-order valence-electron chi connectivity index (χ2n) is 12.4. The zero-order chi connectivity index (χ0) is 32.3. The molecule has 4 nitrogen and oxygen atoms in total. The van der Waals surface area contributed by atoms with Gasteiger partial charge in [0.05, 0.1) is 11.1 Å². The molecule has 0 amide bonds. The van der Waals surface area contributed by atoms with Crippen molar-refractivity contribution in [3.05, 3.63) is 170 Å². The number of hydrogen-bond acceptors (Lipinski definition) is 4. The molecule has 0 saturated heterocycles. The van der Waals surface area contributed by atoms with Crippen molar-refractivity contribution in [1.29, 1.82) is 0 Å². The van der Waals surface area contributed by atoms with Crippen molar-refractivity contribution < 1.29 is 8.83 Å². The summed E-state index contributed by atoms with van der Waals surface area (Å²) in [6.07, 6.45) is 0. The lowest BCUT2D eigenvalue weighted by Crippen LogP contribution is -2.10. The van der Waals surface area contributed by atoms with Gasteiger partial charge in [0.25, 0.3) is 0 Å². The molecule has 0 radical (unpaired) electrons. The van der Waals surface area contributed by atoms with Crippen LogP contribution < -0.4 is 4.90 Å². The Kier molecular flexibility index (Phi) is 6.15. The van der Waals surface area contributed by atoms with Crippen molar-refractivity contribution in [1.82, 2.24) is 4.98 Å². The van der Waals surface area contributed by atoms with Gasteiger partial charge in [-0.1, -0.05) is 103 Å². The third-order valence-electron chi connectivity index (χ3n) is 9.47. The van der Waals surface area contributed by atoms with Crippen LogP contribution in [0.15, 0.2) is 179 Å². The highest BCUT2D eigenvalue weighted by molar-refractivity contribution is 6.18. The van der Waals surface area contributed by atoms with Crippen molar-refractivity contribution in [2.24, 2.45) is 0 Å². The van der Waals surface area contributed by atoms with Gasteiger partial charge < -0.3 is 13.7 Å². The Morgan fingerprint density at radius 1 is 0.429 bits per heavy atom. The van der Waals surface area contributed by atoms with Crippen LogP contribution in [-0.2, 0) is 0 Å². The summed E-state index contributed by atoms with van der Waals surface area (Å²) in [4.78, 5) is 7.16. The number of furan rings is 1. The monoisotopic (exact) mass is 628 g/mol. The molecule has 0 atom stereocenters. The molecular weight excluding hydrogens is 601 g/mol. The van der Waals surface area contributed by atoms with Gasteiger partial charge in [0.2, 0.25) is 5.89 Å². The molecule has 0 saturated carbocycles. The lowest BCUT2D eigenvalue weighted by Gasteiger charge is -2.26. The number of aromatic nitrogens is 1. The molecule has 0 unspecified atom stereocenters. The predicted molar refractivity (Wildman–Crippen MR) is 202 cm³/mol. The Labute approximate surface area is 282 Å². The molecule has 0 aliphatic rings. The first-order valence-corrected chi connectivity index (χ1v) is 16.5. The summed E-state index contributed by atoms with van der Waals surface area (Å²) >= 11 is 0. The molecule has 230 valence electrons. The number of nitrogens with zero attached hydrogens (tertiary/aromatic N) is 2. The second-order valence-corrected chi connectivity index (χ2v) is 12.4. The zero-order valence-electron chi connectivity index (χ0n) is 26.4. The maximum Gasteiger partial charge on any atom is 0.227 e. The molecule has 8 aromatic carbocycles. The van der Waals surface area contributed by atoms with Crippen LogP contribution in [0.1, 0.15) is 0 Å². The molecular formula is C45H28N2O2. The van der Waals surface area contributed by atoms with E-state index in [9.17, 15) is 0 Å². The van der Waals surface area contributed by atoms with E-state index >= 15 is 0 Å². The smallest absolute Gasteiger partial charge is 0.227 e. The van der Waals surface area contributed by atoms with Gasteiger partial charge in [-0.3, -0.25) is 0 Å². The van der Waals surface area contributed by atoms with Crippen LogP contribution in [0.25, 0.3) is 77.2 Å². The standard InChI is InChI=1S/C45H28N2O2/c1-3-10-32(11-4-1)45-46-38-27-24-31-20-18-30-19-21-33(28-37(30)42(31)44(38)49-45)29-22-25-35(26-23-29)47(34-12-5-2-6-13-34)39-15-9-17-41-43(39)36-14-7-8-16-40(36)48-41/h1-28H. The lowest BCUT2D eigenvalue weighted by atomic mass is 9.96. The zero-order valence-corrected chi connectivity index (χ0v) is 26.4. The SMILES string of the molecule is c1ccc(-c2nc3ccc4ccc5ccc(-c6ccc(N(c7ccccc7)c7cccc8oc9ccccc9c78)cc6)cc5c4c3o2)cc1. The maximum atomic E-state index is 6.48. The van der Waals surface area contributed by atoms with Crippen LogP contribution in [0.2, 0.25) is 0 Å². The molecule has 2 heterocycles. The van der Waals surface area contributed by atoms with Crippen molar-refractivity contribution in [3.63, 3.8) is 0 Å². The van der Waals surface area contributed by atoms with E-state index in [-0.39, 0.29) is 0 Å². The van der Waals surface area contributed by atoms with E-state index in [1.165, 1.54) is 0 Å². The van der Waals surface area contributed by atoms with Gasteiger partial charge in [-0.25, -0.2) is 4.98 Å². The summed E-state index contributed by atoms with van der Waals surface area (Å²) < 4.78 is 12.7. The number of hydrogen-bond donors (Lipinski definition) is 0. The van der Waals surface area contributed by atoms with Crippen LogP contribution in [-0.4, -0.2) is 4.98 Å². The van der Waals surface area contributed by atoms with Gasteiger partial charge in [-0.2, -0.15) is 0 Å². The molecule has 2 aromatic heterocycles. The molecule has 49 heavy (non-hydrogen) atoms. The van der Waals surface area contributed by atoms with Crippen LogP contribution in [0, 0.1) is 0 Å². The summed E-state index contributed by atoms with van der Waals surface area (Å²) in [5.41, 5.74) is 9.89. The first-order valence-electron chi connectivity index (χ1n) is 16.5. The Bertz CT molecular complexity index is 2820. The molecule has 10 aromatic rings. The number of fused-ring (bicyclic) bond motifs is 8. The van der Waals surface area contributed by atoms with Gasteiger partial charge in [0, 0.05) is 27.7 Å². The Hall–Kier alpha value is -6.65. The quantitative estimate of drug-likeness (QED) is 0.178. The fraction of sp³-hybridized carbons (Fsp3) is 0. The summed E-state index contributed by atoms with van der Waals surface area (Å²) in [5, 5.41) is 6.72. The molecule has 0 aliphatic heterocycles. The average molecular weight is 629 g/mol. The average Bonchev–Trinajstić information content (AvgIpc) is 3.78. The predicted octanol–water partition coefficient (Wildman–Crippen LogP) is 12.8. The summed E-state index contributed by atoms with van der Waals surface area (Å²) in [7, 11) is 0. The van der Waals surface area contributed by atoms with Crippen molar-refractivity contribution >= 4 is 71.6 Å². The second kappa shape index (κ2) is 11.0. The molecule has 0 aliphatic carbocycles. The highest BCUT2D eigenvalue weighted by atomic mass is 16.3.